The molecule has 86 valence electrons. The van der Waals surface area contributed by atoms with Gasteiger partial charge in [-0.15, -0.1) is 0 Å². The molecule has 0 saturated heterocycles. The zero-order valence-corrected chi connectivity index (χ0v) is 9.05. The van der Waals surface area contributed by atoms with Crippen LogP contribution in [0.3, 0.4) is 0 Å². The standard InChI is InChI=1S/C12H12N4O/c13-11-9(12(17)16-14)6-7-10(15-11)8-4-2-1-3-5-8/h1-7H,14H2,(H2,13,15)(H,16,17). The molecular weight excluding hydrogens is 216 g/mol. The number of hydrogen-bond acceptors (Lipinski definition) is 4. The van der Waals surface area contributed by atoms with E-state index < -0.39 is 5.91 Å². The van der Waals surface area contributed by atoms with Crippen molar-refractivity contribution >= 4 is 11.7 Å². The Kier molecular flexibility index (Phi) is 3.02. The number of nitrogens with zero attached hydrogens (tertiary/aromatic N) is 1. The molecule has 0 radical (unpaired) electrons. The number of nitrogen functional groups attached to an aromatic ring is 2. The number of nitrogens with one attached hydrogen (secondary N) is 1. The van der Waals surface area contributed by atoms with Crippen LogP contribution >= 0.6 is 0 Å². The normalized spacial score (nSPS) is 9.94. The van der Waals surface area contributed by atoms with E-state index >= 15 is 0 Å². The average molecular weight is 228 g/mol. The van der Waals surface area contributed by atoms with Crippen LogP contribution in [0.25, 0.3) is 11.3 Å². The summed E-state index contributed by atoms with van der Waals surface area (Å²) in [4.78, 5) is 15.5. The highest BCUT2D eigenvalue weighted by molar-refractivity contribution is 5.98. The lowest BCUT2D eigenvalue weighted by Gasteiger charge is -2.06. The van der Waals surface area contributed by atoms with Gasteiger partial charge in [0.2, 0.25) is 0 Å². The summed E-state index contributed by atoms with van der Waals surface area (Å²) in [5.74, 6) is 4.75. The first-order chi connectivity index (χ1) is 8.22. The molecule has 0 aliphatic rings. The third-order valence-corrected chi connectivity index (χ3v) is 2.37. The number of amides is 1. The van der Waals surface area contributed by atoms with Gasteiger partial charge in [-0.05, 0) is 12.1 Å². The van der Waals surface area contributed by atoms with Crippen molar-refractivity contribution in [3.05, 3.63) is 48.0 Å². The second-order valence-corrected chi connectivity index (χ2v) is 3.47. The Morgan fingerprint density at radius 3 is 2.41 bits per heavy atom. The number of carbonyl (C=O) groups is 1. The van der Waals surface area contributed by atoms with E-state index in [1.807, 2.05) is 35.8 Å². The smallest absolute Gasteiger partial charge is 0.268 e. The lowest BCUT2D eigenvalue weighted by atomic mass is 10.1. The maximum atomic E-state index is 11.3. The molecule has 1 aromatic carbocycles. The zero-order valence-electron chi connectivity index (χ0n) is 9.05. The SMILES string of the molecule is NNC(=O)c1ccc(-c2ccccc2)nc1N. The molecule has 0 aliphatic carbocycles. The van der Waals surface area contributed by atoms with Crippen molar-refractivity contribution < 1.29 is 4.79 Å². The monoisotopic (exact) mass is 228 g/mol. The van der Waals surface area contributed by atoms with E-state index in [4.69, 9.17) is 11.6 Å². The van der Waals surface area contributed by atoms with Crippen LogP contribution in [-0.4, -0.2) is 10.9 Å². The van der Waals surface area contributed by atoms with E-state index in [-0.39, 0.29) is 11.4 Å². The van der Waals surface area contributed by atoms with Gasteiger partial charge in [-0.3, -0.25) is 10.2 Å². The van der Waals surface area contributed by atoms with Crippen LogP contribution in [0.4, 0.5) is 5.82 Å². The van der Waals surface area contributed by atoms with Crippen LogP contribution in [0.2, 0.25) is 0 Å². The van der Waals surface area contributed by atoms with Crippen molar-refractivity contribution in [2.45, 2.75) is 0 Å². The molecule has 0 atom stereocenters. The average Bonchev–Trinajstić information content (AvgIpc) is 2.39. The van der Waals surface area contributed by atoms with Gasteiger partial charge in [0.05, 0.1) is 11.3 Å². The number of hydrazine groups is 1. The molecule has 0 fully saturated rings. The third kappa shape index (κ3) is 2.24. The molecule has 1 heterocycles. The van der Waals surface area contributed by atoms with Gasteiger partial charge in [0.25, 0.3) is 5.91 Å². The van der Waals surface area contributed by atoms with E-state index in [1.54, 1.807) is 12.1 Å². The van der Waals surface area contributed by atoms with Crippen molar-refractivity contribution in [2.24, 2.45) is 5.84 Å². The third-order valence-electron chi connectivity index (χ3n) is 2.37. The molecule has 5 nitrogen and oxygen atoms in total. The summed E-state index contributed by atoms with van der Waals surface area (Å²) in [6.07, 6.45) is 0. The number of aromatic nitrogens is 1. The van der Waals surface area contributed by atoms with Crippen molar-refractivity contribution in [1.29, 1.82) is 0 Å². The van der Waals surface area contributed by atoms with Gasteiger partial charge in [0.1, 0.15) is 5.82 Å². The highest BCUT2D eigenvalue weighted by Crippen LogP contribution is 2.19. The number of anilines is 1. The van der Waals surface area contributed by atoms with Crippen LogP contribution in [0.1, 0.15) is 10.4 Å². The van der Waals surface area contributed by atoms with E-state index in [2.05, 4.69) is 4.98 Å². The number of benzene rings is 1. The van der Waals surface area contributed by atoms with E-state index in [0.29, 0.717) is 0 Å². The summed E-state index contributed by atoms with van der Waals surface area (Å²) in [5.41, 5.74) is 9.66. The Labute approximate surface area is 98.4 Å². The fourth-order valence-corrected chi connectivity index (χ4v) is 1.51. The number of rotatable bonds is 2. The molecule has 2 aromatic rings. The summed E-state index contributed by atoms with van der Waals surface area (Å²) < 4.78 is 0. The van der Waals surface area contributed by atoms with Crippen LogP contribution < -0.4 is 17.0 Å². The van der Waals surface area contributed by atoms with Gasteiger partial charge in [0, 0.05) is 5.56 Å². The summed E-state index contributed by atoms with van der Waals surface area (Å²) in [6.45, 7) is 0. The number of hydrogen-bond donors (Lipinski definition) is 3. The molecule has 0 spiro atoms. The minimum Gasteiger partial charge on any atom is -0.383 e. The lowest BCUT2D eigenvalue weighted by Crippen LogP contribution is -2.30. The lowest BCUT2D eigenvalue weighted by molar-refractivity contribution is 0.0954. The molecule has 0 saturated carbocycles. The predicted octanol–water partition coefficient (Wildman–Crippen LogP) is 0.934. The van der Waals surface area contributed by atoms with Gasteiger partial charge >= 0.3 is 0 Å². The first-order valence-corrected chi connectivity index (χ1v) is 5.05. The predicted molar refractivity (Wildman–Crippen MR) is 65.7 cm³/mol. The highest BCUT2D eigenvalue weighted by Gasteiger charge is 2.10. The molecule has 5 heteroatoms. The second-order valence-electron chi connectivity index (χ2n) is 3.47. The number of nitrogens with two attached hydrogens (primary N) is 2. The largest absolute Gasteiger partial charge is 0.383 e. The first-order valence-electron chi connectivity index (χ1n) is 5.05. The maximum absolute atomic E-state index is 11.3. The van der Waals surface area contributed by atoms with Crippen molar-refractivity contribution in [3.8, 4) is 11.3 Å². The molecule has 1 amide bonds. The minimum absolute atomic E-state index is 0.161. The van der Waals surface area contributed by atoms with Crippen LogP contribution in [0, 0.1) is 0 Å². The Bertz CT molecular complexity index is 539. The van der Waals surface area contributed by atoms with Gasteiger partial charge in [-0.1, -0.05) is 30.3 Å². The van der Waals surface area contributed by atoms with Gasteiger partial charge in [-0.2, -0.15) is 0 Å². The van der Waals surface area contributed by atoms with Gasteiger partial charge in [0.15, 0.2) is 0 Å². The van der Waals surface area contributed by atoms with E-state index in [0.717, 1.165) is 11.3 Å². The Hall–Kier alpha value is -2.40. The van der Waals surface area contributed by atoms with Crippen molar-refractivity contribution in [1.82, 2.24) is 10.4 Å². The molecule has 0 aliphatic heterocycles. The van der Waals surface area contributed by atoms with Crippen molar-refractivity contribution in [2.75, 3.05) is 5.73 Å². The molecular formula is C12H12N4O. The fourth-order valence-electron chi connectivity index (χ4n) is 1.51. The van der Waals surface area contributed by atoms with Crippen molar-refractivity contribution in [3.63, 3.8) is 0 Å². The zero-order chi connectivity index (χ0) is 12.3. The Balaban J connectivity index is 2.41. The molecule has 1 aromatic heterocycles. The van der Waals surface area contributed by atoms with Crippen LogP contribution in [0.15, 0.2) is 42.5 Å². The summed E-state index contributed by atoms with van der Waals surface area (Å²) >= 11 is 0. The summed E-state index contributed by atoms with van der Waals surface area (Å²) in [7, 11) is 0. The van der Waals surface area contributed by atoms with Gasteiger partial charge < -0.3 is 5.73 Å². The highest BCUT2D eigenvalue weighted by atomic mass is 16.2. The molecule has 2 rings (SSSR count). The van der Waals surface area contributed by atoms with E-state index in [9.17, 15) is 4.79 Å². The molecule has 5 N–H and O–H groups in total. The van der Waals surface area contributed by atoms with E-state index in [1.165, 1.54) is 0 Å². The fraction of sp³-hybridized carbons (Fsp3) is 0. The molecule has 17 heavy (non-hydrogen) atoms. The first kappa shape index (κ1) is 11.1. The minimum atomic E-state index is -0.449. The van der Waals surface area contributed by atoms with Crippen LogP contribution in [-0.2, 0) is 0 Å². The Morgan fingerprint density at radius 1 is 1.12 bits per heavy atom. The quantitative estimate of drug-likeness (QED) is 0.405. The van der Waals surface area contributed by atoms with Gasteiger partial charge in [-0.25, -0.2) is 10.8 Å². The summed E-state index contributed by atoms with van der Waals surface area (Å²) in [5, 5.41) is 0. The Morgan fingerprint density at radius 2 is 1.82 bits per heavy atom. The number of pyridine rings is 1. The van der Waals surface area contributed by atoms with Crippen LogP contribution in [0.5, 0.6) is 0 Å². The summed E-state index contributed by atoms with van der Waals surface area (Å²) in [6, 6.07) is 12.9. The molecule has 0 unspecified atom stereocenters. The maximum Gasteiger partial charge on any atom is 0.268 e. The molecule has 0 bridgehead atoms. The topological polar surface area (TPSA) is 94.0 Å². The second kappa shape index (κ2) is 4.63. The number of carbonyl (C=O) groups excluding carboxylic acids is 1.